The van der Waals surface area contributed by atoms with Crippen LogP contribution < -0.4 is 11.1 Å². The largest absolute Gasteiger partial charge is 0.367 e. The molecule has 122 valence electrons. The zero-order valence-corrected chi connectivity index (χ0v) is 12.2. The van der Waals surface area contributed by atoms with Gasteiger partial charge in [0.1, 0.15) is 11.9 Å². The molecular formula is C15H16F2N4O2. The van der Waals surface area contributed by atoms with E-state index in [-0.39, 0.29) is 6.10 Å². The van der Waals surface area contributed by atoms with Gasteiger partial charge in [-0.2, -0.15) is 0 Å². The molecule has 1 fully saturated rings. The number of fused-ring (bicyclic) bond motifs is 1. The second-order valence-electron chi connectivity index (χ2n) is 5.36. The van der Waals surface area contributed by atoms with Crippen LogP contribution in [0.25, 0.3) is 10.9 Å². The number of nitrogens with one attached hydrogen (secondary N) is 1. The van der Waals surface area contributed by atoms with E-state index < -0.39 is 24.3 Å². The number of carbonyl (C=O) groups is 1. The maximum atomic E-state index is 12.9. The molecule has 1 aromatic heterocycles. The molecular weight excluding hydrogens is 306 g/mol. The highest BCUT2D eigenvalue weighted by Crippen LogP contribution is 2.25. The molecule has 0 saturated carbocycles. The molecule has 0 bridgehead atoms. The molecule has 1 saturated heterocycles. The van der Waals surface area contributed by atoms with Crippen molar-refractivity contribution in [3.8, 4) is 0 Å². The quantitative estimate of drug-likeness (QED) is 0.879. The van der Waals surface area contributed by atoms with Crippen molar-refractivity contribution in [3.63, 3.8) is 0 Å². The van der Waals surface area contributed by atoms with E-state index in [1.165, 1.54) is 0 Å². The van der Waals surface area contributed by atoms with E-state index in [2.05, 4.69) is 15.3 Å². The molecule has 1 aromatic carbocycles. The van der Waals surface area contributed by atoms with Crippen LogP contribution in [-0.4, -0.2) is 34.6 Å². The number of hydrogen-bond acceptors (Lipinski definition) is 5. The molecule has 2 heterocycles. The number of carbonyl (C=O) groups excluding carboxylic acids is 1. The van der Waals surface area contributed by atoms with Gasteiger partial charge in [-0.1, -0.05) is 12.1 Å². The molecule has 2 aromatic rings. The third kappa shape index (κ3) is 3.37. The second kappa shape index (κ2) is 6.41. The molecule has 0 spiro atoms. The topological polar surface area (TPSA) is 90.1 Å². The van der Waals surface area contributed by atoms with Crippen LogP contribution in [0.15, 0.2) is 24.3 Å². The second-order valence-corrected chi connectivity index (χ2v) is 5.36. The van der Waals surface area contributed by atoms with Crippen molar-refractivity contribution in [1.82, 2.24) is 9.97 Å². The number of ether oxygens (including phenoxy) is 1. The third-order valence-electron chi connectivity index (χ3n) is 3.74. The number of nitrogens with zero attached hydrogens (tertiary/aromatic N) is 2. The highest BCUT2D eigenvalue weighted by Gasteiger charge is 2.29. The lowest BCUT2D eigenvalue weighted by molar-refractivity contribution is -0.128. The smallest absolute Gasteiger partial charge is 0.297 e. The Morgan fingerprint density at radius 1 is 1.35 bits per heavy atom. The van der Waals surface area contributed by atoms with Gasteiger partial charge in [-0.15, -0.1) is 0 Å². The minimum absolute atomic E-state index is 0.212. The third-order valence-corrected chi connectivity index (χ3v) is 3.74. The van der Waals surface area contributed by atoms with E-state index in [4.69, 9.17) is 10.5 Å². The zero-order valence-electron chi connectivity index (χ0n) is 12.2. The first kappa shape index (κ1) is 15.5. The van der Waals surface area contributed by atoms with Crippen molar-refractivity contribution < 1.29 is 18.3 Å². The first-order chi connectivity index (χ1) is 11.0. The van der Waals surface area contributed by atoms with Gasteiger partial charge in [-0.05, 0) is 25.0 Å². The van der Waals surface area contributed by atoms with Gasteiger partial charge >= 0.3 is 0 Å². The van der Waals surface area contributed by atoms with Crippen molar-refractivity contribution >= 4 is 22.6 Å². The number of alkyl halides is 2. The Morgan fingerprint density at radius 2 is 2.13 bits per heavy atom. The molecule has 3 rings (SSSR count). The normalized spacial score (nSPS) is 21.0. The lowest BCUT2D eigenvalue weighted by Crippen LogP contribution is -2.30. The van der Waals surface area contributed by atoms with Crippen molar-refractivity contribution in [2.75, 3.05) is 11.9 Å². The molecule has 1 amide bonds. The van der Waals surface area contributed by atoms with Gasteiger partial charge in [-0.25, -0.2) is 18.7 Å². The van der Waals surface area contributed by atoms with Gasteiger partial charge in [-0.3, -0.25) is 4.79 Å². The van der Waals surface area contributed by atoms with Crippen LogP contribution in [0.2, 0.25) is 0 Å². The fourth-order valence-electron chi connectivity index (χ4n) is 2.60. The summed E-state index contributed by atoms with van der Waals surface area (Å²) in [5.74, 6) is -0.675. The van der Waals surface area contributed by atoms with E-state index in [0.717, 1.165) is 0 Å². The van der Waals surface area contributed by atoms with E-state index >= 15 is 0 Å². The number of halogens is 2. The summed E-state index contributed by atoms with van der Waals surface area (Å²) in [7, 11) is 0. The summed E-state index contributed by atoms with van der Waals surface area (Å²) in [6.07, 6.45) is -2.31. The molecule has 6 nitrogen and oxygen atoms in total. The molecule has 0 radical (unpaired) electrons. The summed E-state index contributed by atoms with van der Waals surface area (Å²) in [4.78, 5) is 18.8. The van der Waals surface area contributed by atoms with Gasteiger partial charge in [0.2, 0.25) is 5.91 Å². The van der Waals surface area contributed by atoms with Gasteiger partial charge in [0.15, 0.2) is 5.82 Å². The van der Waals surface area contributed by atoms with Crippen LogP contribution >= 0.6 is 0 Å². The number of para-hydroxylation sites is 1. The van der Waals surface area contributed by atoms with Crippen LogP contribution in [0.4, 0.5) is 14.6 Å². The van der Waals surface area contributed by atoms with Gasteiger partial charge in [0.25, 0.3) is 6.43 Å². The predicted molar refractivity (Wildman–Crippen MR) is 80.1 cm³/mol. The van der Waals surface area contributed by atoms with Crippen LogP contribution in [-0.2, 0) is 9.53 Å². The molecule has 1 aliphatic heterocycles. The Bertz CT molecular complexity index is 726. The molecule has 2 unspecified atom stereocenters. The number of rotatable bonds is 5. The lowest BCUT2D eigenvalue weighted by Gasteiger charge is -2.15. The van der Waals surface area contributed by atoms with E-state index in [1.54, 1.807) is 24.3 Å². The molecule has 2 atom stereocenters. The van der Waals surface area contributed by atoms with E-state index in [9.17, 15) is 13.6 Å². The Labute approximate surface area is 131 Å². The van der Waals surface area contributed by atoms with Crippen LogP contribution in [0.1, 0.15) is 25.1 Å². The highest BCUT2D eigenvalue weighted by atomic mass is 19.3. The summed E-state index contributed by atoms with van der Waals surface area (Å²) in [6.45, 7) is 0.355. The van der Waals surface area contributed by atoms with Gasteiger partial charge in [0, 0.05) is 11.9 Å². The number of primary amides is 1. The van der Waals surface area contributed by atoms with Crippen molar-refractivity contribution in [2.24, 2.45) is 5.73 Å². The average molecular weight is 322 g/mol. The Balaban J connectivity index is 1.78. The number of benzene rings is 1. The Morgan fingerprint density at radius 3 is 2.83 bits per heavy atom. The van der Waals surface area contributed by atoms with Crippen molar-refractivity contribution in [2.45, 2.75) is 31.5 Å². The van der Waals surface area contributed by atoms with Gasteiger partial charge in [0.05, 0.1) is 11.6 Å². The fraction of sp³-hybridized carbons (Fsp3) is 0.400. The van der Waals surface area contributed by atoms with Crippen LogP contribution in [0.3, 0.4) is 0 Å². The van der Waals surface area contributed by atoms with Crippen LogP contribution in [0.5, 0.6) is 0 Å². The maximum Gasteiger partial charge on any atom is 0.297 e. The number of hydrogen-bond donors (Lipinski definition) is 2. The SMILES string of the molecule is NC(=O)C1CCC(CNc2nc(C(F)F)nc3ccccc23)O1. The van der Waals surface area contributed by atoms with Crippen molar-refractivity contribution in [3.05, 3.63) is 30.1 Å². The minimum Gasteiger partial charge on any atom is -0.367 e. The summed E-state index contributed by atoms with van der Waals surface area (Å²) in [5, 5.41) is 3.68. The number of anilines is 1. The number of nitrogens with two attached hydrogens (primary N) is 1. The summed E-state index contributed by atoms with van der Waals surface area (Å²) >= 11 is 0. The van der Waals surface area contributed by atoms with Crippen molar-refractivity contribution in [1.29, 1.82) is 0 Å². The van der Waals surface area contributed by atoms with E-state index in [1.807, 2.05) is 0 Å². The Kier molecular flexibility index (Phi) is 4.33. The predicted octanol–water partition coefficient (Wildman–Crippen LogP) is 2.01. The lowest BCUT2D eigenvalue weighted by atomic mass is 10.2. The molecule has 23 heavy (non-hydrogen) atoms. The fourth-order valence-corrected chi connectivity index (χ4v) is 2.60. The summed E-state index contributed by atoms with van der Waals surface area (Å²) < 4.78 is 31.4. The summed E-state index contributed by atoms with van der Waals surface area (Å²) in [6, 6.07) is 6.93. The number of amides is 1. The standard InChI is InChI=1S/C15H16F2N4O2/c16-12(17)15-20-10-4-2-1-3-9(10)14(21-15)19-7-8-5-6-11(23-8)13(18)22/h1-4,8,11-12H,5-7H2,(H2,18,22)(H,19,20,21). The Hall–Kier alpha value is -2.35. The summed E-state index contributed by atoms with van der Waals surface area (Å²) in [5.41, 5.74) is 5.65. The molecule has 3 N–H and O–H groups in total. The molecule has 8 heteroatoms. The van der Waals surface area contributed by atoms with Crippen LogP contribution in [0, 0.1) is 0 Å². The zero-order chi connectivity index (χ0) is 16.4. The van der Waals surface area contributed by atoms with E-state index in [0.29, 0.717) is 36.1 Å². The molecule has 1 aliphatic rings. The average Bonchev–Trinajstić information content (AvgIpc) is 3.01. The first-order valence-electron chi connectivity index (χ1n) is 7.28. The highest BCUT2D eigenvalue weighted by molar-refractivity contribution is 5.89. The first-order valence-corrected chi connectivity index (χ1v) is 7.28. The maximum absolute atomic E-state index is 12.9. The molecule has 0 aliphatic carbocycles. The van der Waals surface area contributed by atoms with Gasteiger partial charge < -0.3 is 15.8 Å². The minimum atomic E-state index is -2.75. The monoisotopic (exact) mass is 322 g/mol. The number of aromatic nitrogens is 2.